The van der Waals surface area contributed by atoms with Crippen LogP contribution in [0.15, 0.2) is 23.0 Å². The molecule has 2 fully saturated rings. The zero-order valence-corrected chi connectivity index (χ0v) is 10.8. The molecule has 0 radical (unpaired) electrons. The Balaban J connectivity index is 1.61. The molecule has 1 N–H and O–H groups in total. The highest BCUT2D eigenvalue weighted by Gasteiger charge is 2.42. The van der Waals surface area contributed by atoms with Gasteiger partial charge in [-0.25, -0.2) is 0 Å². The highest BCUT2D eigenvalue weighted by atomic mass is 16.3. The van der Waals surface area contributed by atoms with Gasteiger partial charge in [-0.2, -0.15) is 0 Å². The molecule has 1 unspecified atom stereocenters. The van der Waals surface area contributed by atoms with Crippen molar-refractivity contribution < 1.29 is 14.0 Å². The molecular weight excluding hydrogens is 244 g/mol. The summed E-state index contributed by atoms with van der Waals surface area (Å²) >= 11 is 0. The molecule has 3 rings (SSSR count). The van der Waals surface area contributed by atoms with Crippen molar-refractivity contribution in [2.24, 2.45) is 0 Å². The van der Waals surface area contributed by atoms with E-state index in [1.54, 1.807) is 12.5 Å². The third-order valence-corrected chi connectivity index (χ3v) is 4.01. The van der Waals surface area contributed by atoms with E-state index in [0.717, 1.165) is 31.2 Å². The molecule has 0 bridgehead atoms. The molecule has 1 aliphatic heterocycles. The predicted molar refractivity (Wildman–Crippen MR) is 68.1 cm³/mol. The van der Waals surface area contributed by atoms with Gasteiger partial charge in [0.2, 0.25) is 11.8 Å². The van der Waals surface area contributed by atoms with Crippen molar-refractivity contribution in [1.29, 1.82) is 0 Å². The van der Waals surface area contributed by atoms with Crippen LogP contribution in [0.1, 0.15) is 37.7 Å². The quantitative estimate of drug-likeness (QED) is 0.834. The second kappa shape index (κ2) is 5.17. The van der Waals surface area contributed by atoms with Crippen molar-refractivity contribution in [3.8, 4) is 0 Å². The van der Waals surface area contributed by atoms with Gasteiger partial charge in [0.15, 0.2) is 0 Å². The van der Waals surface area contributed by atoms with Gasteiger partial charge in [-0.05, 0) is 18.9 Å². The molecule has 19 heavy (non-hydrogen) atoms. The molecule has 1 aromatic heterocycles. The molecule has 1 aromatic rings. The fourth-order valence-corrected chi connectivity index (χ4v) is 2.99. The standard InChI is InChI=1S/C14H18N2O3/c17-13-7-12(15-8-10-5-6-19-9-10)14(18)16(13)11-3-1-2-4-11/h5-6,9,11-12,15H,1-4,7-8H2. The number of furan rings is 1. The van der Waals surface area contributed by atoms with Gasteiger partial charge in [0, 0.05) is 18.2 Å². The van der Waals surface area contributed by atoms with Crippen LogP contribution in [0.2, 0.25) is 0 Å². The number of likely N-dealkylation sites (tertiary alicyclic amines) is 1. The van der Waals surface area contributed by atoms with E-state index in [0.29, 0.717) is 6.54 Å². The van der Waals surface area contributed by atoms with Crippen LogP contribution in [-0.4, -0.2) is 28.8 Å². The topological polar surface area (TPSA) is 62.6 Å². The van der Waals surface area contributed by atoms with E-state index in [9.17, 15) is 9.59 Å². The van der Waals surface area contributed by atoms with E-state index in [-0.39, 0.29) is 30.3 Å². The highest BCUT2D eigenvalue weighted by Crippen LogP contribution is 2.28. The second-order valence-electron chi connectivity index (χ2n) is 5.31. The monoisotopic (exact) mass is 262 g/mol. The molecule has 2 heterocycles. The van der Waals surface area contributed by atoms with Crippen LogP contribution in [-0.2, 0) is 16.1 Å². The number of nitrogens with zero attached hydrogens (tertiary/aromatic N) is 1. The summed E-state index contributed by atoms with van der Waals surface area (Å²) in [6, 6.07) is 1.62. The first-order valence-electron chi connectivity index (χ1n) is 6.86. The minimum atomic E-state index is -0.372. The smallest absolute Gasteiger partial charge is 0.247 e. The number of carbonyl (C=O) groups excluding carboxylic acids is 2. The third-order valence-electron chi connectivity index (χ3n) is 4.01. The molecule has 5 heteroatoms. The molecule has 0 aromatic carbocycles. The average Bonchev–Trinajstić information content (AvgIpc) is 3.09. The Bertz CT molecular complexity index is 463. The first kappa shape index (κ1) is 12.4. The predicted octanol–water partition coefficient (Wildman–Crippen LogP) is 1.44. The Kier molecular flexibility index (Phi) is 3.38. The SMILES string of the molecule is O=C1CC(NCc2ccoc2)C(=O)N1C1CCCC1. The number of nitrogens with one attached hydrogen (secondary N) is 1. The highest BCUT2D eigenvalue weighted by molar-refractivity contribution is 6.05. The summed E-state index contributed by atoms with van der Waals surface area (Å²) in [6.45, 7) is 0.554. The van der Waals surface area contributed by atoms with Gasteiger partial charge in [0.05, 0.1) is 25.0 Å². The van der Waals surface area contributed by atoms with Crippen LogP contribution in [0.3, 0.4) is 0 Å². The molecule has 1 saturated heterocycles. The summed E-state index contributed by atoms with van der Waals surface area (Å²) in [5.74, 6) is -0.0815. The number of rotatable bonds is 4. The molecule has 5 nitrogen and oxygen atoms in total. The lowest BCUT2D eigenvalue weighted by Crippen LogP contribution is -2.42. The Hall–Kier alpha value is -1.62. The summed E-state index contributed by atoms with van der Waals surface area (Å²) < 4.78 is 4.98. The minimum Gasteiger partial charge on any atom is -0.472 e. The van der Waals surface area contributed by atoms with E-state index in [1.165, 1.54) is 4.90 Å². The van der Waals surface area contributed by atoms with E-state index >= 15 is 0 Å². The van der Waals surface area contributed by atoms with Crippen molar-refractivity contribution >= 4 is 11.8 Å². The van der Waals surface area contributed by atoms with Crippen LogP contribution in [0.5, 0.6) is 0 Å². The molecule has 2 amide bonds. The van der Waals surface area contributed by atoms with Crippen molar-refractivity contribution in [3.05, 3.63) is 24.2 Å². The normalized spacial score (nSPS) is 24.6. The van der Waals surface area contributed by atoms with Crippen LogP contribution < -0.4 is 5.32 Å². The average molecular weight is 262 g/mol. The Morgan fingerprint density at radius 1 is 1.32 bits per heavy atom. The van der Waals surface area contributed by atoms with Gasteiger partial charge in [-0.3, -0.25) is 14.5 Å². The lowest BCUT2D eigenvalue weighted by molar-refractivity contribution is -0.141. The van der Waals surface area contributed by atoms with Gasteiger partial charge in [-0.15, -0.1) is 0 Å². The fraction of sp³-hybridized carbons (Fsp3) is 0.571. The summed E-state index contributed by atoms with van der Waals surface area (Å²) in [5.41, 5.74) is 0.986. The maximum absolute atomic E-state index is 12.3. The van der Waals surface area contributed by atoms with Gasteiger partial charge in [0.25, 0.3) is 0 Å². The molecule has 2 aliphatic rings. The summed E-state index contributed by atoms with van der Waals surface area (Å²) in [7, 11) is 0. The van der Waals surface area contributed by atoms with E-state index in [2.05, 4.69) is 5.32 Å². The summed E-state index contributed by atoms with van der Waals surface area (Å²) in [6.07, 6.45) is 7.70. The molecule has 1 saturated carbocycles. The minimum absolute atomic E-state index is 0.0263. The van der Waals surface area contributed by atoms with E-state index < -0.39 is 0 Å². The number of hydrogen-bond acceptors (Lipinski definition) is 4. The van der Waals surface area contributed by atoms with Crippen LogP contribution >= 0.6 is 0 Å². The van der Waals surface area contributed by atoms with Crippen molar-refractivity contribution in [2.45, 2.75) is 50.7 Å². The van der Waals surface area contributed by atoms with E-state index in [1.807, 2.05) is 6.07 Å². The van der Waals surface area contributed by atoms with Gasteiger partial charge in [0.1, 0.15) is 0 Å². The number of imide groups is 1. The largest absolute Gasteiger partial charge is 0.472 e. The van der Waals surface area contributed by atoms with Gasteiger partial charge >= 0.3 is 0 Å². The summed E-state index contributed by atoms with van der Waals surface area (Å²) in [5, 5.41) is 3.15. The zero-order valence-electron chi connectivity index (χ0n) is 10.8. The number of amides is 2. The zero-order chi connectivity index (χ0) is 13.2. The molecule has 1 atom stereocenters. The molecule has 0 spiro atoms. The number of carbonyl (C=O) groups is 2. The lowest BCUT2D eigenvalue weighted by atomic mass is 10.2. The lowest BCUT2D eigenvalue weighted by Gasteiger charge is -2.22. The van der Waals surface area contributed by atoms with E-state index in [4.69, 9.17) is 4.42 Å². The third kappa shape index (κ3) is 2.42. The van der Waals surface area contributed by atoms with Crippen molar-refractivity contribution in [2.75, 3.05) is 0 Å². The fourth-order valence-electron chi connectivity index (χ4n) is 2.99. The first-order valence-corrected chi connectivity index (χ1v) is 6.86. The van der Waals surface area contributed by atoms with Crippen LogP contribution in [0.25, 0.3) is 0 Å². The maximum atomic E-state index is 12.3. The molecule has 102 valence electrons. The molecular formula is C14H18N2O3. The van der Waals surface area contributed by atoms with Gasteiger partial charge < -0.3 is 9.73 Å². The summed E-state index contributed by atoms with van der Waals surface area (Å²) in [4.78, 5) is 25.8. The Labute approximate surface area is 111 Å². The Morgan fingerprint density at radius 3 is 2.79 bits per heavy atom. The maximum Gasteiger partial charge on any atom is 0.247 e. The second-order valence-corrected chi connectivity index (χ2v) is 5.31. The Morgan fingerprint density at radius 2 is 2.11 bits per heavy atom. The van der Waals surface area contributed by atoms with Crippen LogP contribution in [0, 0.1) is 0 Å². The van der Waals surface area contributed by atoms with Gasteiger partial charge in [-0.1, -0.05) is 12.8 Å². The first-order chi connectivity index (χ1) is 9.25. The number of hydrogen-bond donors (Lipinski definition) is 1. The van der Waals surface area contributed by atoms with Crippen molar-refractivity contribution in [1.82, 2.24) is 10.2 Å². The van der Waals surface area contributed by atoms with Crippen LogP contribution in [0.4, 0.5) is 0 Å². The van der Waals surface area contributed by atoms with Crippen molar-refractivity contribution in [3.63, 3.8) is 0 Å². The molecule has 1 aliphatic carbocycles.